The summed E-state index contributed by atoms with van der Waals surface area (Å²) in [5.41, 5.74) is 2.59. The van der Waals surface area contributed by atoms with Crippen LogP contribution in [0.1, 0.15) is 49.7 Å². The van der Waals surface area contributed by atoms with E-state index in [1.807, 2.05) is 24.3 Å². The predicted octanol–water partition coefficient (Wildman–Crippen LogP) is 5.00. The molecule has 0 saturated carbocycles. The molecule has 2 rings (SSSR count). The highest BCUT2D eigenvalue weighted by Crippen LogP contribution is 2.24. The average molecular weight is 284 g/mol. The zero-order valence-electron chi connectivity index (χ0n) is 12.6. The van der Waals surface area contributed by atoms with E-state index >= 15 is 0 Å². The van der Waals surface area contributed by atoms with Gasteiger partial charge in [-0.2, -0.15) is 0 Å². The molecule has 2 heteroatoms. The van der Waals surface area contributed by atoms with Crippen LogP contribution in [0.2, 0.25) is 0 Å². The standard InChI is InChI=1S/C19H24O2/c1-15(17-9-13-19(21)14-10-17)5-3-2-4-6-16-7-11-18(20)12-8-16/h7-15,20-21H,2-6H2,1H3. The van der Waals surface area contributed by atoms with Gasteiger partial charge in [-0.3, -0.25) is 0 Å². The molecule has 2 nitrogen and oxygen atoms in total. The van der Waals surface area contributed by atoms with Crippen LogP contribution in [-0.2, 0) is 6.42 Å². The van der Waals surface area contributed by atoms with Gasteiger partial charge in [0.1, 0.15) is 11.5 Å². The van der Waals surface area contributed by atoms with Gasteiger partial charge in [-0.25, -0.2) is 0 Å². The summed E-state index contributed by atoms with van der Waals surface area (Å²) in [4.78, 5) is 0. The summed E-state index contributed by atoms with van der Waals surface area (Å²) >= 11 is 0. The maximum Gasteiger partial charge on any atom is 0.115 e. The van der Waals surface area contributed by atoms with Gasteiger partial charge < -0.3 is 10.2 Å². The second-order valence-corrected chi connectivity index (χ2v) is 5.76. The fourth-order valence-electron chi connectivity index (χ4n) is 2.59. The highest BCUT2D eigenvalue weighted by atomic mass is 16.3. The van der Waals surface area contributed by atoms with Gasteiger partial charge in [-0.15, -0.1) is 0 Å². The van der Waals surface area contributed by atoms with Gasteiger partial charge in [0.15, 0.2) is 0 Å². The number of aromatic hydroxyl groups is 2. The molecular formula is C19H24O2. The molecule has 0 fully saturated rings. The average Bonchev–Trinajstić information content (AvgIpc) is 2.49. The maximum absolute atomic E-state index is 9.29. The van der Waals surface area contributed by atoms with Crippen molar-refractivity contribution in [3.8, 4) is 11.5 Å². The summed E-state index contributed by atoms with van der Waals surface area (Å²) in [6, 6.07) is 15.0. The second kappa shape index (κ2) is 7.72. The third-order valence-corrected chi connectivity index (χ3v) is 4.00. The Hall–Kier alpha value is -1.96. The Morgan fingerprint density at radius 1 is 0.762 bits per heavy atom. The summed E-state index contributed by atoms with van der Waals surface area (Å²) < 4.78 is 0. The molecule has 2 aromatic carbocycles. The Kier molecular flexibility index (Phi) is 5.68. The van der Waals surface area contributed by atoms with E-state index in [4.69, 9.17) is 0 Å². The number of benzene rings is 2. The predicted molar refractivity (Wildman–Crippen MR) is 86.8 cm³/mol. The minimum Gasteiger partial charge on any atom is -0.508 e. The van der Waals surface area contributed by atoms with E-state index in [0.29, 0.717) is 17.4 Å². The number of unbranched alkanes of at least 4 members (excludes halogenated alkanes) is 2. The fourth-order valence-corrected chi connectivity index (χ4v) is 2.59. The molecule has 0 saturated heterocycles. The summed E-state index contributed by atoms with van der Waals surface area (Å²) in [7, 11) is 0. The first-order valence-corrected chi connectivity index (χ1v) is 7.72. The monoisotopic (exact) mass is 284 g/mol. The van der Waals surface area contributed by atoms with Crippen molar-refractivity contribution < 1.29 is 10.2 Å². The number of phenols is 2. The fraction of sp³-hybridized carbons (Fsp3) is 0.368. The highest BCUT2D eigenvalue weighted by Gasteiger charge is 2.05. The number of hydrogen-bond donors (Lipinski definition) is 2. The first-order chi connectivity index (χ1) is 10.1. The molecule has 2 aromatic rings. The Labute approximate surface area is 127 Å². The lowest BCUT2D eigenvalue weighted by atomic mass is 9.94. The van der Waals surface area contributed by atoms with Crippen molar-refractivity contribution in [3.05, 3.63) is 59.7 Å². The largest absolute Gasteiger partial charge is 0.508 e. The van der Waals surface area contributed by atoms with Crippen LogP contribution in [0.15, 0.2) is 48.5 Å². The zero-order chi connectivity index (χ0) is 15.1. The SMILES string of the molecule is CC(CCCCCc1ccc(O)cc1)c1ccc(O)cc1. The van der Waals surface area contributed by atoms with Crippen LogP contribution in [0.25, 0.3) is 0 Å². The molecular weight excluding hydrogens is 260 g/mol. The van der Waals surface area contributed by atoms with E-state index in [-0.39, 0.29) is 0 Å². The molecule has 0 aliphatic rings. The van der Waals surface area contributed by atoms with Crippen molar-refractivity contribution in [1.29, 1.82) is 0 Å². The van der Waals surface area contributed by atoms with Crippen LogP contribution in [0.5, 0.6) is 11.5 Å². The first-order valence-electron chi connectivity index (χ1n) is 7.72. The molecule has 0 aromatic heterocycles. The van der Waals surface area contributed by atoms with Gasteiger partial charge in [0, 0.05) is 0 Å². The molecule has 112 valence electrons. The third-order valence-electron chi connectivity index (χ3n) is 4.00. The van der Waals surface area contributed by atoms with Crippen molar-refractivity contribution in [1.82, 2.24) is 0 Å². The second-order valence-electron chi connectivity index (χ2n) is 5.76. The summed E-state index contributed by atoms with van der Waals surface area (Å²) in [5, 5.41) is 18.5. The van der Waals surface area contributed by atoms with E-state index in [1.165, 1.54) is 36.8 Å². The van der Waals surface area contributed by atoms with Gasteiger partial charge in [0.25, 0.3) is 0 Å². The first kappa shape index (κ1) is 15.4. The van der Waals surface area contributed by atoms with Crippen LogP contribution < -0.4 is 0 Å². The van der Waals surface area contributed by atoms with Crippen molar-refractivity contribution in [3.63, 3.8) is 0 Å². The topological polar surface area (TPSA) is 40.5 Å². The van der Waals surface area contributed by atoms with Crippen LogP contribution in [0.4, 0.5) is 0 Å². The van der Waals surface area contributed by atoms with Crippen molar-refractivity contribution in [2.75, 3.05) is 0 Å². The van der Waals surface area contributed by atoms with Crippen LogP contribution >= 0.6 is 0 Å². The van der Waals surface area contributed by atoms with E-state index in [0.717, 1.165) is 6.42 Å². The smallest absolute Gasteiger partial charge is 0.115 e. The molecule has 0 radical (unpaired) electrons. The number of aryl methyl sites for hydroxylation is 1. The van der Waals surface area contributed by atoms with E-state index in [1.54, 1.807) is 24.3 Å². The molecule has 0 heterocycles. The quantitative estimate of drug-likeness (QED) is 0.702. The highest BCUT2D eigenvalue weighted by molar-refractivity contribution is 5.28. The number of rotatable bonds is 7. The van der Waals surface area contributed by atoms with Crippen LogP contribution in [0, 0.1) is 0 Å². The molecule has 0 aliphatic heterocycles. The summed E-state index contributed by atoms with van der Waals surface area (Å²) in [5.74, 6) is 1.21. The zero-order valence-corrected chi connectivity index (χ0v) is 12.6. The van der Waals surface area contributed by atoms with Crippen molar-refractivity contribution in [2.24, 2.45) is 0 Å². The lowest BCUT2D eigenvalue weighted by Gasteiger charge is -2.11. The van der Waals surface area contributed by atoms with E-state index in [2.05, 4.69) is 6.92 Å². The van der Waals surface area contributed by atoms with Gasteiger partial charge in [0.05, 0.1) is 0 Å². The summed E-state index contributed by atoms with van der Waals surface area (Å²) in [6.45, 7) is 2.24. The summed E-state index contributed by atoms with van der Waals surface area (Å²) in [6.07, 6.45) is 5.89. The van der Waals surface area contributed by atoms with Crippen LogP contribution in [-0.4, -0.2) is 10.2 Å². The molecule has 21 heavy (non-hydrogen) atoms. The molecule has 0 spiro atoms. The minimum atomic E-state index is 0.333. The Morgan fingerprint density at radius 2 is 1.33 bits per heavy atom. The Morgan fingerprint density at radius 3 is 1.95 bits per heavy atom. The third kappa shape index (κ3) is 5.14. The lowest BCUT2D eigenvalue weighted by molar-refractivity contribution is 0.474. The molecule has 1 atom stereocenters. The number of phenolic OH excluding ortho intramolecular Hbond substituents is 2. The van der Waals surface area contributed by atoms with Gasteiger partial charge in [-0.05, 0) is 60.6 Å². The van der Waals surface area contributed by atoms with E-state index in [9.17, 15) is 10.2 Å². The van der Waals surface area contributed by atoms with Crippen LogP contribution in [0.3, 0.4) is 0 Å². The van der Waals surface area contributed by atoms with Crippen molar-refractivity contribution >= 4 is 0 Å². The molecule has 0 aliphatic carbocycles. The van der Waals surface area contributed by atoms with Gasteiger partial charge >= 0.3 is 0 Å². The molecule has 0 bridgehead atoms. The molecule has 1 unspecified atom stereocenters. The van der Waals surface area contributed by atoms with E-state index < -0.39 is 0 Å². The minimum absolute atomic E-state index is 0.333. The lowest BCUT2D eigenvalue weighted by Crippen LogP contribution is -1.94. The molecule has 0 amide bonds. The van der Waals surface area contributed by atoms with Crippen molar-refractivity contribution in [2.45, 2.75) is 44.9 Å². The Balaban J connectivity index is 1.65. The van der Waals surface area contributed by atoms with Gasteiger partial charge in [-0.1, -0.05) is 44.0 Å². The normalized spacial score (nSPS) is 12.2. The Bertz CT molecular complexity index is 528. The number of hydrogen-bond acceptors (Lipinski definition) is 2. The maximum atomic E-state index is 9.29. The molecule has 2 N–H and O–H groups in total. The van der Waals surface area contributed by atoms with Gasteiger partial charge in [0.2, 0.25) is 0 Å².